The fourth-order valence-electron chi connectivity index (χ4n) is 6.68. The minimum atomic E-state index is -6.03. The van der Waals surface area contributed by atoms with Crippen LogP contribution in [-0.4, -0.2) is 85.2 Å². The Labute approximate surface area is 360 Å². The summed E-state index contributed by atoms with van der Waals surface area (Å²) >= 11 is 7.57. The molecule has 4 N–H and O–H groups in total. The van der Waals surface area contributed by atoms with E-state index in [1.807, 2.05) is 66.2 Å². The zero-order valence-electron chi connectivity index (χ0n) is 33.9. The van der Waals surface area contributed by atoms with Crippen LogP contribution in [0.2, 0.25) is 5.02 Å². The summed E-state index contributed by atoms with van der Waals surface area (Å²) in [5.41, 5.74) is -1.41. The lowest BCUT2D eigenvalue weighted by Crippen LogP contribution is -2.32. The van der Waals surface area contributed by atoms with E-state index >= 15 is 0 Å². The number of amides is 1. The molecule has 1 amide bonds. The highest BCUT2D eigenvalue weighted by Gasteiger charge is 2.48. The number of benzene rings is 4. The maximum atomic E-state index is 14.0. The zero-order valence-corrected chi connectivity index (χ0v) is 37.1. The molecule has 0 bridgehead atoms. The van der Waals surface area contributed by atoms with Crippen LogP contribution in [0.3, 0.4) is 0 Å². The van der Waals surface area contributed by atoms with Crippen LogP contribution in [0.15, 0.2) is 117 Å². The molecule has 5 rings (SSSR count). The molecule has 0 fully saturated rings. The number of nitrogens with one attached hydrogen (secondary N) is 4. The number of anilines is 2. The summed E-state index contributed by atoms with van der Waals surface area (Å²) in [6.07, 6.45) is 3.50. The smallest absolute Gasteiger partial charge is 0.384 e. The number of thioether (sulfide) groups is 1. The molecular formula is C43H51ClF3N5O5S3. The number of sulfone groups is 1. The number of halogens is 4. The SMILES string of the molecule is CN(C)CC[C@H](CSc1ccccc1)Nc1ccc(S(=O)(=O)NC(=O)c2ccc(NCCNCC3=C(c4ccc(Cl)cc4)CC(C)(C)CC3)cc2)cc1S(=O)(=O)C(F)(F)F. The van der Waals surface area contributed by atoms with Crippen LogP contribution < -0.4 is 20.7 Å². The monoisotopic (exact) mass is 905 g/mol. The van der Waals surface area contributed by atoms with Crippen molar-refractivity contribution >= 4 is 66.1 Å². The zero-order chi connectivity index (χ0) is 43.7. The van der Waals surface area contributed by atoms with E-state index in [0.29, 0.717) is 48.6 Å². The van der Waals surface area contributed by atoms with E-state index < -0.39 is 52.8 Å². The third-order valence-corrected chi connectivity index (χ3v) is 14.3. The van der Waals surface area contributed by atoms with Crippen LogP contribution in [0.1, 0.15) is 55.5 Å². The average molecular weight is 907 g/mol. The number of carbonyl (C=O) groups excluding carboxylic acids is 1. The average Bonchev–Trinajstić information content (AvgIpc) is 3.19. The normalized spacial score (nSPS) is 15.2. The number of hydrogen-bond acceptors (Lipinski definition) is 10. The first kappa shape index (κ1) is 47.0. The topological polar surface area (TPSA) is 137 Å². The lowest BCUT2D eigenvalue weighted by molar-refractivity contribution is -0.0435. The van der Waals surface area contributed by atoms with Gasteiger partial charge in [0.2, 0.25) is 0 Å². The first-order valence-corrected chi connectivity index (χ1v) is 23.7. The van der Waals surface area contributed by atoms with Crippen molar-refractivity contribution in [3.63, 3.8) is 0 Å². The predicted octanol–water partition coefficient (Wildman–Crippen LogP) is 8.94. The standard InChI is InChI=1S/C43H51ClF3N5O5S3/c1-42(2)22-20-32(38(27-42)30-10-14-33(44)15-11-30)28-48-23-24-49-34-16-12-31(13-17-34)41(53)51-60(56,57)37-18-19-39(40(26-37)59(54,55)43(45,46)47)50-35(21-25-52(3)4)29-58-36-8-6-5-7-9-36/h5-19,26,35,48-50H,20-25,27-29H2,1-4H3,(H,51,53)/t35-/m1/s1. The second kappa shape index (κ2) is 20.2. The Hall–Kier alpha value is -4.06. The third kappa shape index (κ3) is 13.0. The van der Waals surface area contributed by atoms with Gasteiger partial charge in [0.25, 0.3) is 25.8 Å². The first-order chi connectivity index (χ1) is 28.2. The molecule has 1 atom stereocenters. The van der Waals surface area contributed by atoms with Crippen LogP contribution in [0.25, 0.3) is 5.57 Å². The van der Waals surface area contributed by atoms with Gasteiger partial charge in [-0.25, -0.2) is 21.6 Å². The highest BCUT2D eigenvalue weighted by Crippen LogP contribution is 2.43. The Kier molecular flexibility index (Phi) is 15.8. The van der Waals surface area contributed by atoms with Crippen LogP contribution in [0.5, 0.6) is 0 Å². The molecule has 17 heteroatoms. The first-order valence-electron chi connectivity index (χ1n) is 19.4. The summed E-state index contributed by atoms with van der Waals surface area (Å²) in [5.74, 6) is -0.679. The molecule has 0 aromatic heterocycles. The van der Waals surface area contributed by atoms with Gasteiger partial charge < -0.3 is 20.9 Å². The van der Waals surface area contributed by atoms with E-state index in [1.54, 1.807) is 12.1 Å². The van der Waals surface area contributed by atoms with Crippen molar-refractivity contribution in [1.82, 2.24) is 14.9 Å². The number of rotatable bonds is 19. The quantitative estimate of drug-likeness (QED) is 0.0534. The van der Waals surface area contributed by atoms with Gasteiger partial charge in [-0.3, -0.25) is 4.79 Å². The van der Waals surface area contributed by atoms with E-state index in [1.165, 1.54) is 40.6 Å². The number of carbonyl (C=O) groups is 1. The molecule has 0 unspecified atom stereocenters. The summed E-state index contributed by atoms with van der Waals surface area (Å²) in [7, 11) is -7.20. The van der Waals surface area contributed by atoms with Crippen molar-refractivity contribution in [2.45, 2.75) is 65.8 Å². The van der Waals surface area contributed by atoms with Crippen molar-refractivity contribution < 1.29 is 34.8 Å². The molecule has 0 saturated carbocycles. The molecule has 0 spiro atoms. The van der Waals surface area contributed by atoms with Crippen LogP contribution >= 0.6 is 23.4 Å². The molecule has 4 aromatic rings. The van der Waals surface area contributed by atoms with E-state index in [9.17, 15) is 34.8 Å². The Morgan fingerprint density at radius 1 is 0.917 bits per heavy atom. The predicted molar refractivity (Wildman–Crippen MR) is 236 cm³/mol. The van der Waals surface area contributed by atoms with Gasteiger partial charge in [0.05, 0.1) is 10.6 Å². The van der Waals surface area contributed by atoms with E-state index in [-0.39, 0.29) is 11.0 Å². The molecule has 0 saturated heterocycles. The highest BCUT2D eigenvalue weighted by atomic mass is 35.5. The van der Waals surface area contributed by atoms with E-state index in [4.69, 9.17) is 11.6 Å². The number of hydrogen-bond donors (Lipinski definition) is 4. The number of sulfonamides is 1. The van der Waals surface area contributed by atoms with Gasteiger partial charge in [-0.15, -0.1) is 11.8 Å². The highest BCUT2D eigenvalue weighted by molar-refractivity contribution is 7.99. The maximum Gasteiger partial charge on any atom is 0.501 e. The van der Waals surface area contributed by atoms with Crippen LogP contribution in [-0.2, 0) is 19.9 Å². The number of alkyl halides is 3. The van der Waals surface area contributed by atoms with Crippen molar-refractivity contribution in [2.24, 2.45) is 5.41 Å². The number of allylic oxidation sites excluding steroid dienone is 1. The summed E-state index contributed by atoms with van der Waals surface area (Å²) in [4.78, 5) is 13.8. The largest absolute Gasteiger partial charge is 0.501 e. The van der Waals surface area contributed by atoms with Crippen molar-refractivity contribution in [3.8, 4) is 0 Å². The van der Waals surface area contributed by atoms with Crippen molar-refractivity contribution in [3.05, 3.63) is 119 Å². The molecule has 1 aliphatic rings. The molecule has 324 valence electrons. The van der Waals surface area contributed by atoms with Gasteiger partial charge in [0.15, 0.2) is 0 Å². The molecular weight excluding hydrogens is 855 g/mol. The lowest BCUT2D eigenvalue weighted by Gasteiger charge is -2.34. The Morgan fingerprint density at radius 2 is 1.60 bits per heavy atom. The second-order valence-electron chi connectivity index (χ2n) is 15.7. The van der Waals surface area contributed by atoms with Gasteiger partial charge in [-0.2, -0.15) is 13.2 Å². The Morgan fingerprint density at radius 3 is 2.25 bits per heavy atom. The van der Waals surface area contributed by atoms with Crippen LogP contribution in [0.4, 0.5) is 24.5 Å². The molecule has 0 aliphatic heterocycles. The molecule has 60 heavy (non-hydrogen) atoms. The summed E-state index contributed by atoms with van der Waals surface area (Å²) < 4.78 is 96.3. The van der Waals surface area contributed by atoms with Gasteiger partial charge in [0, 0.05) is 52.6 Å². The third-order valence-electron chi connectivity index (χ3n) is 10.1. The fourth-order valence-corrected chi connectivity index (χ4v) is 9.82. The molecule has 1 aliphatic carbocycles. The molecule has 10 nitrogen and oxygen atoms in total. The summed E-state index contributed by atoms with van der Waals surface area (Å²) in [6, 6.07) is 25.1. The van der Waals surface area contributed by atoms with Crippen molar-refractivity contribution in [1.29, 1.82) is 0 Å². The molecule has 0 heterocycles. The Bertz CT molecular complexity index is 2340. The lowest BCUT2D eigenvalue weighted by atomic mass is 9.72. The molecule has 4 aromatic carbocycles. The number of nitrogens with zero attached hydrogens (tertiary/aromatic N) is 1. The van der Waals surface area contributed by atoms with Crippen molar-refractivity contribution in [2.75, 3.05) is 56.7 Å². The van der Waals surface area contributed by atoms with Gasteiger partial charge in [-0.1, -0.05) is 61.4 Å². The van der Waals surface area contributed by atoms with E-state index in [2.05, 4.69) is 41.9 Å². The molecule has 0 radical (unpaired) electrons. The van der Waals surface area contributed by atoms with Gasteiger partial charge in [-0.05, 0) is 130 Å². The summed E-state index contributed by atoms with van der Waals surface area (Å²) in [5, 5.41) is 10.4. The Balaban J connectivity index is 1.23. The minimum Gasteiger partial charge on any atom is -0.384 e. The maximum absolute atomic E-state index is 14.0. The van der Waals surface area contributed by atoms with Crippen LogP contribution in [0, 0.1) is 5.41 Å². The van der Waals surface area contributed by atoms with Gasteiger partial charge >= 0.3 is 5.51 Å². The minimum absolute atomic E-state index is 0.0368. The summed E-state index contributed by atoms with van der Waals surface area (Å²) in [6.45, 7) is 7.04. The fraction of sp³-hybridized carbons (Fsp3) is 0.372. The van der Waals surface area contributed by atoms with E-state index in [0.717, 1.165) is 42.8 Å². The van der Waals surface area contributed by atoms with Gasteiger partial charge in [0.1, 0.15) is 4.90 Å². The second-order valence-corrected chi connectivity index (χ2v) is 20.8.